The van der Waals surface area contributed by atoms with E-state index in [1.165, 1.54) is 5.56 Å². The maximum atomic E-state index is 12.4. The Kier molecular flexibility index (Phi) is 5.42. The molecule has 2 aromatic carbocycles. The van der Waals surface area contributed by atoms with Gasteiger partial charge in [0.15, 0.2) is 5.65 Å². The van der Waals surface area contributed by atoms with E-state index in [-0.39, 0.29) is 12.3 Å². The molecule has 0 aliphatic carbocycles. The molecule has 6 nitrogen and oxygen atoms in total. The van der Waals surface area contributed by atoms with E-state index in [1.807, 2.05) is 78.2 Å². The van der Waals surface area contributed by atoms with Crippen molar-refractivity contribution >= 4 is 21.2 Å². The van der Waals surface area contributed by atoms with Crippen molar-refractivity contribution in [1.29, 1.82) is 0 Å². The molecular formula is C22H22N4O2S. The second kappa shape index (κ2) is 8.14. The maximum absolute atomic E-state index is 12.4. The van der Waals surface area contributed by atoms with Crippen LogP contribution in [0.25, 0.3) is 22.6 Å². The summed E-state index contributed by atoms with van der Waals surface area (Å²) in [6, 6.07) is 21.0. The van der Waals surface area contributed by atoms with Gasteiger partial charge < -0.3 is 4.57 Å². The quantitative estimate of drug-likeness (QED) is 0.509. The molecule has 0 spiro atoms. The normalized spacial score (nSPS) is 11.8. The molecule has 0 bridgehead atoms. The molecule has 4 aromatic rings. The largest absolute Gasteiger partial charge is 0.307 e. The van der Waals surface area contributed by atoms with Crippen LogP contribution in [0.15, 0.2) is 72.9 Å². The van der Waals surface area contributed by atoms with Gasteiger partial charge in [-0.15, -0.1) is 0 Å². The second-order valence-corrected chi connectivity index (χ2v) is 8.75. The van der Waals surface area contributed by atoms with Crippen LogP contribution in [0.2, 0.25) is 0 Å². The average Bonchev–Trinajstić information content (AvgIpc) is 3.07. The summed E-state index contributed by atoms with van der Waals surface area (Å²) in [6.45, 7) is 2.73. The summed E-state index contributed by atoms with van der Waals surface area (Å²) in [6.07, 6.45) is 1.72. The number of rotatable bonds is 7. The molecule has 0 aliphatic heterocycles. The molecule has 29 heavy (non-hydrogen) atoms. The molecule has 0 saturated carbocycles. The fraction of sp³-hybridized carbons (Fsp3) is 0.182. The van der Waals surface area contributed by atoms with Gasteiger partial charge in [-0.3, -0.25) is 0 Å². The maximum Gasteiger partial charge on any atom is 0.215 e. The van der Waals surface area contributed by atoms with Crippen LogP contribution in [-0.2, 0) is 22.3 Å². The highest BCUT2D eigenvalue weighted by atomic mass is 32.2. The Morgan fingerprint density at radius 3 is 2.48 bits per heavy atom. The van der Waals surface area contributed by atoms with E-state index in [2.05, 4.69) is 9.71 Å². The summed E-state index contributed by atoms with van der Waals surface area (Å²) in [4.78, 5) is 9.17. The summed E-state index contributed by atoms with van der Waals surface area (Å²) in [7, 11) is -3.43. The number of pyridine rings is 1. The van der Waals surface area contributed by atoms with Crippen molar-refractivity contribution < 1.29 is 8.42 Å². The predicted octanol–water partition coefficient (Wildman–Crippen LogP) is 3.53. The van der Waals surface area contributed by atoms with E-state index in [4.69, 9.17) is 4.98 Å². The Morgan fingerprint density at radius 2 is 1.72 bits per heavy atom. The Morgan fingerprint density at radius 1 is 0.966 bits per heavy atom. The predicted molar refractivity (Wildman–Crippen MR) is 115 cm³/mol. The second-order valence-electron chi connectivity index (χ2n) is 6.94. The van der Waals surface area contributed by atoms with E-state index in [0.717, 1.165) is 28.1 Å². The zero-order chi connectivity index (χ0) is 20.3. The Bertz CT molecular complexity index is 1220. The number of hydrogen-bond acceptors (Lipinski definition) is 4. The number of sulfonamides is 1. The lowest BCUT2D eigenvalue weighted by molar-refractivity contribution is 0.573. The lowest BCUT2D eigenvalue weighted by atomic mass is 10.1. The number of hydrogen-bond donors (Lipinski definition) is 1. The summed E-state index contributed by atoms with van der Waals surface area (Å²) < 4.78 is 29.5. The third kappa shape index (κ3) is 4.52. The highest BCUT2D eigenvalue weighted by molar-refractivity contribution is 7.88. The number of imidazole rings is 1. The average molecular weight is 407 g/mol. The summed E-state index contributed by atoms with van der Waals surface area (Å²) in [5.41, 5.74) is 4.43. The minimum atomic E-state index is -3.43. The van der Waals surface area contributed by atoms with Crippen LogP contribution in [0.3, 0.4) is 0 Å². The van der Waals surface area contributed by atoms with Crippen molar-refractivity contribution in [2.24, 2.45) is 0 Å². The SMILES string of the molecule is Cc1ccc(-c2nc3cccnc3n2CCNS(=O)(=O)Cc2ccccc2)cc1. The lowest BCUT2D eigenvalue weighted by Gasteiger charge is -2.11. The van der Waals surface area contributed by atoms with E-state index in [0.29, 0.717) is 6.54 Å². The van der Waals surface area contributed by atoms with E-state index < -0.39 is 10.0 Å². The monoisotopic (exact) mass is 406 g/mol. The van der Waals surface area contributed by atoms with Crippen molar-refractivity contribution in [1.82, 2.24) is 19.3 Å². The zero-order valence-electron chi connectivity index (χ0n) is 16.1. The summed E-state index contributed by atoms with van der Waals surface area (Å²) >= 11 is 0. The van der Waals surface area contributed by atoms with Gasteiger partial charge in [0.25, 0.3) is 0 Å². The summed E-state index contributed by atoms with van der Waals surface area (Å²) in [5.74, 6) is 0.739. The van der Waals surface area contributed by atoms with Gasteiger partial charge in [0.05, 0.1) is 5.75 Å². The van der Waals surface area contributed by atoms with E-state index in [9.17, 15) is 8.42 Å². The molecule has 0 radical (unpaired) electrons. The van der Waals surface area contributed by atoms with Crippen LogP contribution >= 0.6 is 0 Å². The lowest BCUT2D eigenvalue weighted by Crippen LogP contribution is -2.28. The molecule has 0 saturated heterocycles. The molecule has 0 amide bonds. The highest BCUT2D eigenvalue weighted by Crippen LogP contribution is 2.23. The topological polar surface area (TPSA) is 76.9 Å². The van der Waals surface area contributed by atoms with Crippen LogP contribution in [0.4, 0.5) is 0 Å². The summed E-state index contributed by atoms with van der Waals surface area (Å²) in [5, 5.41) is 0. The van der Waals surface area contributed by atoms with Crippen LogP contribution in [0, 0.1) is 6.92 Å². The van der Waals surface area contributed by atoms with Crippen molar-refractivity contribution in [2.75, 3.05) is 6.54 Å². The Labute approximate surface area is 170 Å². The first kappa shape index (κ1) is 19.3. The molecule has 0 aliphatic rings. The molecule has 2 aromatic heterocycles. The minimum absolute atomic E-state index is 0.0401. The van der Waals surface area contributed by atoms with Gasteiger partial charge in [0.2, 0.25) is 10.0 Å². The smallest absolute Gasteiger partial charge is 0.215 e. The number of aryl methyl sites for hydroxylation is 1. The first-order chi connectivity index (χ1) is 14.0. The third-order valence-corrected chi connectivity index (χ3v) is 6.03. The standard InChI is InChI=1S/C22H22N4O2S/c1-17-9-11-19(12-10-17)21-25-20-8-5-13-23-22(20)26(21)15-14-24-29(27,28)16-18-6-3-2-4-7-18/h2-13,24H,14-16H2,1H3. The minimum Gasteiger partial charge on any atom is -0.307 e. The first-order valence-electron chi connectivity index (χ1n) is 9.41. The molecule has 0 unspecified atom stereocenters. The van der Waals surface area contributed by atoms with Gasteiger partial charge in [0.1, 0.15) is 11.3 Å². The van der Waals surface area contributed by atoms with Gasteiger partial charge in [-0.1, -0.05) is 60.2 Å². The van der Waals surface area contributed by atoms with Crippen LogP contribution in [0.1, 0.15) is 11.1 Å². The van der Waals surface area contributed by atoms with Crippen molar-refractivity contribution in [3.63, 3.8) is 0 Å². The number of fused-ring (bicyclic) bond motifs is 1. The van der Waals surface area contributed by atoms with Gasteiger partial charge >= 0.3 is 0 Å². The van der Waals surface area contributed by atoms with Crippen molar-refractivity contribution in [2.45, 2.75) is 19.2 Å². The van der Waals surface area contributed by atoms with E-state index >= 15 is 0 Å². The molecule has 7 heteroatoms. The molecule has 0 fully saturated rings. The number of nitrogens with zero attached hydrogens (tertiary/aromatic N) is 3. The molecule has 2 heterocycles. The van der Waals surface area contributed by atoms with E-state index in [1.54, 1.807) is 6.20 Å². The van der Waals surface area contributed by atoms with Gasteiger partial charge in [-0.25, -0.2) is 23.1 Å². The molecule has 0 atom stereocenters. The number of aromatic nitrogens is 3. The van der Waals surface area contributed by atoms with Gasteiger partial charge in [-0.2, -0.15) is 0 Å². The fourth-order valence-electron chi connectivity index (χ4n) is 3.25. The molecule has 1 N–H and O–H groups in total. The molecule has 4 rings (SSSR count). The van der Waals surface area contributed by atoms with Gasteiger partial charge in [0, 0.05) is 24.8 Å². The Balaban J connectivity index is 1.56. The van der Waals surface area contributed by atoms with Crippen LogP contribution in [-0.4, -0.2) is 29.5 Å². The number of benzene rings is 2. The van der Waals surface area contributed by atoms with Crippen molar-refractivity contribution in [3.05, 3.63) is 84.1 Å². The first-order valence-corrected chi connectivity index (χ1v) is 11.1. The van der Waals surface area contributed by atoms with Crippen molar-refractivity contribution in [3.8, 4) is 11.4 Å². The highest BCUT2D eigenvalue weighted by Gasteiger charge is 2.15. The van der Waals surface area contributed by atoms with Crippen LogP contribution < -0.4 is 4.72 Å². The third-order valence-electron chi connectivity index (χ3n) is 4.67. The fourth-order valence-corrected chi connectivity index (χ4v) is 4.39. The zero-order valence-corrected chi connectivity index (χ0v) is 16.9. The number of nitrogens with one attached hydrogen (secondary N) is 1. The Hall–Kier alpha value is -3.03. The molecular weight excluding hydrogens is 384 g/mol. The molecule has 148 valence electrons. The van der Waals surface area contributed by atoms with Gasteiger partial charge in [-0.05, 0) is 24.6 Å². The van der Waals surface area contributed by atoms with Crippen LogP contribution in [0.5, 0.6) is 0 Å².